The molecule has 0 amide bonds. The summed E-state index contributed by atoms with van der Waals surface area (Å²) in [6.07, 6.45) is 3.56. The minimum Gasteiger partial charge on any atom is -0.308 e. The Kier molecular flexibility index (Phi) is 3.98. The summed E-state index contributed by atoms with van der Waals surface area (Å²) in [5, 5.41) is 14.1. The number of thiophene rings is 1. The number of nitrogens with zero attached hydrogens (tertiary/aromatic N) is 1. The Hall–Kier alpha value is -1.79. The van der Waals surface area contributed by atoms with Crippen LogP contribution in [0.5, 0.6) is 0 Å². The predicted octanol–water partition coefficient (Wildman–Crippen LogP) is 3.57. The van der Waals surface area contributed by atoms with E-state index in [1.54, 1.807) is 11.3 Å². The van der Waals surface area contributed by atoms with Gasteiger partial charge in [-0.2, -0.15) is 0 Å². The second-order valence-electron chi connectivity index (χ2n) is 5.15. The normalized spacial score (nSPS) is 13.4. The van der Waals surface area contributed by atoms with Crippen molar-refractivity contribution < 1.29 is 9.31 Å². The van der Waals surface area contributed by atoms with Crippen LogP contribution in [0.4, 0.5) is 10.1 Å². The van der Waals surface area contributed by atoms with Gasteiger partial charge in [0.25, 0.3) is 5.69 Å². The molecular formula is C15H15FN2O2S. The lowest BCUT2D eigenvalue weighted by atomic mass is 10.1. The summed E-state index contributed by atoms with van der Waals surface area (Å²) >= 11 is 1.80. The van der Waals surface area contributed by atoms with Crippen LogP contribution in [0.2, 0.25) is 0 Å². The summed E-state index contributed by atoms with van der Waals surface area (Å²) in [6.45, 7) is 0.946. The maximum atomic E-state index is 13.2. The molecule has 6 heteroatoms. The average molecular weight is 306 g/mol. The highest BCUT2D eigenvalue weighted by Crippen LogP contribution is 2.30. The van der Waals surface area contributed by atoms with Crippen LogP contribution < -0.4 is 5.32 Å². The Bertz CT molecular complexity index is 663. The van der Waals surface area contributed by atoms with Crippen molar-refractivity contribution in [3.63, 3.8) is 0 Å². The molecule has 21 heavy (non-hydrogen) atoms. The van der Waals surface area contributed by atoms with Crippen LogP contribution in [-0.4, -0.2) is 4.92 Å². The summed E-state index contributed by atoms with van der Waals surface area (Å²) in [4.78, 5) is 13.1. The third-order valence-corrected chi connectivity index (χ3v) is 4.89. The van der Waals surface area contributed by atoms with Crippen LogP contribution >= 0.6 is 11.3 Å². The molecule has 110 valence electrons. The molecule has 2 aromatic rings. The van der Waals surface area contributed by atoms with Crippen molar-refractivity contribution in [2.24, 2.45) is 0 Å². The first-order chi connectivity index (χ1) is 10.1. The molecule has 0 unspecified atom stereocenters. The molecule has 0 atom stereocenters. The van der Waals surface area contributed by atoms with E-state index in [0.29, 0.717) is 12.1 Å². The van der Waals surface area contributed by atoms with E-state index in [1.165, 1.54) is 33.9 Å². The van der Waals surface area contributed by atoms with Gasteiger partial charge in [0.15, 0.2) is 0 Å². The van der Waals surface area contributed by atoms with Gasteiger partial charge in [0.05, 0.1) is 4.92 Å². The minimum absolute atomic E-state index is 0.0439. The quantitative estimate of drug-likeness (QED) is 0.678. The van der Waals surface area contributed by atoms with Crippen LogP contribution in [0.1, 0.15) is 27.3 Å². The molecule has 1 aliphatic carbocycles. The lowest BCUT2D eigenvalue weighted by Crippen LogP contribution is -2.13. The fraction of sp³-hybridized carbons (Fsp3) is 0.333. The van der Waals surface area contributed by atoms with Crippen molar-refractivity contribution in [3.8, 4) is 0 Å². The number of nitrogens with one attached hydrogen (secondary N) is 1. The third kappa shape index (κ3) is 3.11. The van der Waals surface area contributed by atoms with Crippen molar-refractivity contribution in [2.75, 3.05) is 0 Å². The number of nitro groups is 1. The van der Waals surface area contributed by atoms with Crippen LogP contribution in [-0.2, 0) is 25.9 Å². The van der Waals surface area contributed by atoms with Crippen molar-refractivity contribution in [1.29, 1.82) is 0 Å². The molecule has 0 bridgehead atoms. The molecule has 1 aliphatic rings. The van der Waals surface area contributed by atoms with E-state index in [9.17, 15) is 14.5 Å². The van der Waals surface area contributed by atoms with E-state index in [0.717, 1.165) is 18.9 Å². The molecule has 0 saturated carbocycles. The van der Waals surface area contributed by atoms with Gasteiger partial charge in [0, 0.05) is 34.5 Å². The fourth-order valence-corrected chi connectivity index (χ4v) is 3.90. The SMILES string of the molecule is O=[N+]([O-])c1ccc(F)cc1CNCc1cc2c(s1)CCC2. The van der Waals surface area contributed by atoms with Gasteiger partial charge in [-0.3, -0.25) is 10.1 Å². The molecule has 0 radical (unpaired) electrons. The van der Waals surface area contributed by atoms with Crippen LogP contribution in [0, 0.1) is 15.9 Å². The Morgan fingerprint density at radius 3 is 2.90 bits per heavy atom. The van der Waals surface area contributed by atoms with Crippen molar-refractivity contribution in [3.05, 3.63) is 61.1 Å². The van der Waals surface area contributed by atoms with Crippen LogP contribution in [0.15, 0.2) is 24.3 Å². The Labute approximate surface area is 125 Å². The molecule has 3 rings (SSSR count). The minimum atomic E-state index is -0.476. The maximum absolute atomic E-state index is 13.2. The second kappa shape index (κ2) is 5.91. The Balaban J connectivity index is 1.64. The predicted molar refractivity (Wildman–Crippen MR) is 79.9 cm³/mol. The number of nitro benzene ring substituents is 1. The van der Waals surface area contributed by atoms with E-state index in [1.807, 2.05) is 0 Å². The Morgan fingerprint density at radius 1 is 1.29 bits per heavy atom. The van der Waals surface area contributed by atoms with Crippen molar-refractivity contribution in [1.82, 2.24) is 5.32 Å². The molecular weight excluding hydrogens is 291 g/mol. The van der Waals surface area contributed by atoms with Gasteiger partial charge in [0.1, 0.15) is 5.82 Å². The van der Waals surface area contributed by atoms with Gasteiger partial charge < -0.3 is 5.32 Å². The van der Waals surface area contributed by atoms with Gasteiger partial charge in [0.2, 0.25) is 0 Å². The number of halogens is 1. The zero-order valence-corrected chi connectivity index (χ0v) is 12.2. The van der Waals surface area contributed by atoms with E-state index >= 15 is 0 Å². The molecule has 1 heterocycles. The number of fused-ring (bicyclic) bond motifs is 1. The first kappa shape index (κ1) is 14.2. The first-order valence-electron chi connectivity index (χ1n) is 6.87. The molecule has 1 N–H and O–H groups in total. The molecule has 0 saturated heterocycles. The van der Waals surface area contributed by atoms with Gasteiger partial charge in [-0.15, -0.1) is 11.3 Å². The zero-order chi connectivity index (χ0) is 14.8. The lowest BCUT2D eigenvalue weighted by Gasteiger charge is -2.05. The number of rotatable bonds is 5. The molecule has 0 fully saturated rings. The largest absolute Gasteiger partial charge is 0.308 e. The third-order valence-electron chi connectivity index (χ3n) is 3.65. The summed E-state index contributed by atoms with van der Waals surface area (Å²) in [7, 11) is 0. The van der Waals surface area contributed by atoms with Gasteiger partial charge >= 0.3 is 0 Å². The van der Waals surface area contributed by atoms with E-state index in [4.69, 9.17) is 0 Å². The second-order valence-corrected chi connectivity index (χ2v) is 6.37. The monoisotopic (exact) mass is 306 g/mol. The maximum Gasteiger partial charge on any atom is 0.274 e. The standard InChI is InChI=1S/C15H15FN2O2S/c16-12-4-5-14(18(19)20)11(6-12)8-17-9-13-7-10-2-1-3-15(10)21-13/h4-7,17H,1-3,8-9H2. The number of benzene rings is 1. The van der Waals surface area contributed by atoms with Crippen molar-refractivity contribution in [2.45, 2.75) is 32.4 Å². The summed E-state index contributed by atoms with van der Waals surface area (Å²) in [6, 6.07) is 5.76. The molecule has 4 nitrogen and oxygen atoms in total. The zero-order valence-electron chi connectivity index (χ0n) is 11.4. The number of hydrogen-bond donors (Lipinski definition) is 1. The summed E-state index contributed by atoms with van der Waals surface area (Å²) < 4.78 is 13.2. The average Bonchev–Trinajstić information content (AvgIpc) is 2.99. The van der Waals surface area contributed by atoms with Crippen molar-refractivity contribution >= 4 is 17.0 Å². The molecule has 0 aliphatic heterocycles. The fourth-order valence-electron chi connectivity index (χ4n) is 2.67. The highest BCUT2D eigenvalue weighted by atomic mass is 32.1. The smallest absolute Gasteiger partial charge is 0.274 e. The highest BCUT2D eigenvalue weighted by molar-refractivity contribution is 7.12. The summed E-state index contributed by atoms with van der Waals surface area (Å²) in [5.74, 6) is -0.451. The first-order valence-corrected chi connectivity index (χ1v) is 7.69. The van der Waals surface area contributed by atoms with E-state index < -0.39 is 10.7 Å². The number of hydrogen-bond acceptors (Lipinski definition) is 4. The molecule has 1 aromatic heterocycles. The van der Waals surface area contributed by atoms with Gasteiger partial charge in [-0.25, -0.2) is 4.39 Å². The van der Waals surface area contributed by atoms with Gasteiger partial charge in [-0.05, 0) is 43.0 Å². The van der Waals surface area contributed by atoms with Crippen LogP contribution in [0.3, 0.4) is 0 Å². The summed E-state index contributed by atoms with van der Waals surface area (Å²) in [5.41, 5.74) is 1.77. The Morgan fingerprint density at radius 2 is 2.14 bits per heavy atom. The van der Waals surface area contributed by atoms with Crippen LogP contribution in [0.25, 0.3) is 0 Å². The molecule has 1 aromatic carbocycles. The van der Waals surface area contributed by atoms with Gasteiger partial charge in [-0.1, -0.05) is 0 Å². The molecule has 0 spiro atoms. The van der Waals surface area contributed by atoms with E-state index in [-0.39, 0.29) is 12.2 Å². The highest BCUT2D eigenvalue weighted by Gasteiger charge is 2.16. The lowest BCUT2D eigenvalue weighted by molar-refractivity contribution is -0.385. The number of aryl methyl sites for hydroxylation is 2. The topological polar surface area (TPSA) is 55.2 Å². The van der Waals surface area contributed by atoms with E-state index in [2.05, 4.69) is 11.4 Å².